The van der Waals surface area contributed by atoms with E-state index in [1.54, 1.807) is 7.11 Å². The van der Waals surface area contributed by atoms with Crippen molar-refractivity contribution < 1.29 is 9.47 Å². The molecule has 122 valence electrons. The molecule has 0 radical (unpaired) electrons. The molecule has 3 nitrogen and oxygen atoms in total. The largest absolute Gasteiger partial charge is 0.493 e. The lowest BCUT2D eigenvalue weighted by Crippen LogP contribution is -2.38. The quantitative estimate of drug-likeness (QED) is 0.907. The van der Waals surface area contributed by atoms with Gasteiger partial charge in [0.25, 0.3) is 0 Å². The Morgan fingerprint density at radius 1 is 1.14 bits per heavy atom. The molecule has 0 spiro atoms. The fraction of sp³-hybridized carbons (Fsp3) is 0.667. The highest BCUT2D eigenvalue weighted by Crippen LogP contribution is 2.39. The minimum Gasteiger partial charge on any atom is -0.493 e. The Balaban J connectivity index is 1.82. The van der Waals surface area contributed by atoms with Crippen LogP contribution in [0.4, 0.5) is 0 Å². The van der Waals surface area contributed by atoms with Crippen LogP contribution in [0.5, 0.6) is 11.5 Å². The predicted octanol–water partition coefficient (Wildman–Crippen LogP) is 4.09. The lowest BCUT2D eigenvalue weighted by atomic mass is 9.77. The SMILES string of the molecule is COc1ccc(C2(N)CCCCC2)cc1OC1CCCSC1. The van der Waals surface area contributed by atoms with E-state index in [9.17, 15) is 0 Å². The summed E-state index contributed by atoms with van der Waals surface area (Å²) < 4.78 is 11.7. The average molecular weight is 321 g/mol. The van der Waals surface area contributed by atoms with Crippen LogP contribution in [0.25, 0.3) is 0 Å². The fourth-order valence-corrected chi connectivity index (χ4v) is 4.57. The van der Waals surface area contributed by atoms with Gasteiger partial charge in [0.2, 0.25) is 0 Å². The van der Waals surface area contributed by atoms with Gasteiger partial charge in [-0.25, -0.2) is 0 Å². The summed E-state index contributed by atoms with van der Waals surface area (Å²) in [4.78, 5) is 0. The van der Waals surface area contributed by atoms with Gasteiger partial charge in [-0.05, 0) is 49.1 Å². The van der Waals surface area contributed by atoms with Crippen LogP contribution in [0, 0.1) is 0 Å². The molecule has 2 aliphatic rings. The maximum atomic E-state index is 6.67. The molecule has 1 saturated carbocycles. The number of hydrogen-bond acceptors (Lipinski definition) is 4. The highest BCUT2D eigenvalue weighted by Gasteiger charge is 2.30. The summed E-state index contributed by atoms with van der Waals surface area (Å²) in [5.74, 6) is 4.01. The zero-order valence-corrected chi connectivity index (χ0v) is 14.3. The fourth-order valence-electron chi connectivity index (χ4n) is 3.53. The third-order valence-electron chi connectivity index (χ3n) is 4.90. The maximum Gasteiger partial charge on any atom is 0.161 e. The molecule has 4 heteroatoms. The first kappa shape index (κ1) is 16.0. The second-order valence-electron chi connectivity index (χ2n) is 6.54. The molecular formula is C18H27NO2S. The number of thioether (sulfide) groups is 1. The van der Waals surface area contributed by atoms with Crippen molar-refractivity contribution in [2.75, 3.05) is 18.6 Å². The Labute approximate surface area is 137 Å². The summed E-state index contributed by atoms with van der Waals surface area (Å²) in [6.07, 6.45) is 8.54. The van der Waals surface area contributed by atoms with Crippen LogP contribution >= 0.6 is 11.8 Å². The molecule has 0 bridgehead atoms. The van der Waals surface area contributed by atoms with E-state index in [4.69, 9.17) is 15.2 Å². The van der Waals surface area contributed by atoms with Gasteiger partial charge in [0.15, 0.2) is 11.5 Å². The number of benzene rings is 1. The third-order valence-corrected chi connectivity index (χ3v) is 6.08. The Morgan fingerprint density at radius 2 is 1.95 bits per heavy atom. The normalized spacial score (nSPS) is 24.7. The minimum absolute atomic E-state index is 0.191. The summed E-state index contributed by atoms with van der Waals surface area (Å²) in [6.45, 7) is 0. The Morgan fingerprint density at radius 3 is 2.64 bits per heavy atom. The Bertz CT molecular complexity index is 494. The van der Waals surface area contributed by atoms with E-state index in [0.29, 0.717) is 6.10 Å². The van der Waals surface area contributed by atoms with Crippen molar-refractivity contribution >= 4 is 11.8 Å². The zero-order chi connectivity index (χ0) is 15.4. The van der Waals surface area contributed by atoms with Crippen molar-refractivity contribution in [1.29, 1.82) is 0 Å². The average Bonchev–Trinajstić information content (AvgIpc) is 2.56. The van der Waals surface area contributed by atoms with Gasteiger partial charge in [0, 0.05) is 11.3 Å². The maximum absolute atomic E-state index is 6.67. The monoisotopic (exact) mass is 321 g/mol. The van der Waals surface area contributed by atoms with Gasteiger partial charge in [-0.3, -0.25) is 0 Å². The molecule has 0 aromatic heterocycles. The first-order valence-corrected chi connectivity index (χ1v) is 9.58. The molecular weight excluding hydrogens is 294 g/mol. The van der Waals surface area contributed by atoms with E-state index in [0.717, 1.165) is 36.5 Å². The van der Waals surface area contributed by atoms with Crippen LogP contribution in [0.3, 0.4) is 0 Å². The van der Waals surface area contributed by atoms with E-state index in [1.165, 1.54) is 37.0 Å². The second-order valence-corrected chi connectivity index (χ2v) is 7.69. The van der Waals surface area contributed by atoms with Gasteiger partial charge >= 0.3 is 0 Å². The van der Waals surface area contributed by atoms with E-state index in [-0.39, 0.29) is 5.54 Å². The third kappa shape index (κ3) is 3.54. The molecule has 2 N–H and O–H groups in total. The Hall–Kier alpha value is -0.870. The first-order valence-electron chi connectivity index (χ1n) is 8.43. The van der Waals surface area contributed by atoms with E-state index in [1.807, 2.05) is 17.8 Å². The molecule has 1 aliphatic heterocycles. The van der Waals surface area contributed by atoms with E-state index >= 15 is 0 Å². The van der Waals surface area contributed by atoms with Gasteiger partial charge < -0.3 is 15.2 Å². The number of methoxy groups -OCH3 is 1. The molecule has 1 aromatic rings. The number of ether oxygens (including phenoxy) is 2. The lowest BCUT2D eigenvalue weighted by Gasteiger charge is -2.34. The lowest BCUT2D eigenvalue weighted by molar-refractivity contribution is 0.201. The van der Waals surface area contributed by atoms with Crippen LogP contribution < -0.4 is 15.2 Å². The van der Waals surface area contributed by atoms with Crippen molar-refractivity contribution in [3.8, 4) is 11.5 Å². The number of hydrogen-bond donors (Lipinski definition) is 1. The van der Waals surface area contributed by atoms with Gasteiger partial charge in [-0.15, -0.1) is 0 Å². The van der Waals surface area contributed by atoms with Crippen molar-refractivity contribution in [3.63, 3.8) is 0 Å². The van der Waals surface area contributed by atoms with E-state index < -0.39 is 0 Å². The smallest absolute Gasteiger partial charge is 0.161 e. The summed E-state index contributed by atoms with van der Waals surface area (Å²) in [5, 5.41) is 0. The number of rotatable bonds is 4. The Kier molecular flexibility index (Phi) is 5.19. The van der Waals surface area contributed by atoms with Crippen LogP contribution in [0.2, 0.25) is 0 Å². The van der Waals surface area contributed by atoms with Gasteiger partial charge in [0.05, 0.1) is 7.11 Å². The minimum atomic E-state index is -0.191. The summed E-state index contributed by atoms with van der Waals surface area (Å²) in [5.41, 5.74) is 7.68. The predicted molar refractivity (Wildman–Crippen MR) is 92.9 cm³/mol. The molecule has 1 heterocycles. The number of nitrogens with two attached hydrogens (primary N) is 1. The highest BCUT2D eigenvalue weighted by molar-refractivity contribution is 7.99. The summed E-state index contributed by atoms with van der Waals surface area (Å²) in [6, 6.07) is 6.26. The highest BCUT2D eigenvalue weighted by atomic mass is 32.2. The summed E-state index contributed by atoms with van der Waals surface area (Å²) in [7, 11) is 1.70. The standard InChI is InChI=1S/C18H27NO2S/c1-20-16-8-7-14(18(19)9-3-2-4-10-18)12-17(16)21-15-6-5-11-22-13-15/h7-8,12,15H,2-6,9-11,13,19H2,1H3. The molecule has 0 amide bonds. The molecule has 1 atom stereocenters. The van der Waals surface area contributed by atoms with Crippen LogP contribution in [0.1, 0.15) is 50.5 Å². The van der Waals surface area contributed by atoms with Gasteiger partial charge in [-0.2, -0.15) is 11.8 Å². The first-order chi connectivity index (χ1) is 10.7. The molecule has 22 heavy (non-hydrogen) atoms. The second kappa shape index (κ2) is 7.14. The van der Waals surface area contributed by atoms with E-state index in [2.05, 4.69) is 12.1 Å². The van der Waals surface area contributed by atoms with Crippen LogP contribution in [-0.4, -0.2) is 24.7 Å². The van der Waals surface area contributed by atoms with Gasteiger partial charge in [-0.1, -0.05) is 25.3 Å². The van der Waals surface area contributed by atoms with Crippen molar-refractivity contribution in [1.82, 2.24) is 0 Å². The topological polar surface area (TPSA) is 44.5 Å². The molecule has 1 aromatic carbocycles. The van der Waals surface area contributed by atoms with Crippen molar-refractivity contribution in [2.45, 2.75) is 56.6 Å². The summed E-state index contributed by atoms with van der Waals surface area (Å²) >= 11 is 1.98. The van der Waals surface area contributed by atoms with Crippen LogP contribution in [-0.2, 0) is 5.54 Å². The molecule has 1 unspecified atom stereocenters. The van der Waals surface area contributed by atoms with Crippen molar-refractivity contribution in [2.24, 2.45) is 5.73 Å². The molecule has 3 rings (SSSR count). The molecule has 1 saturated heterocycles. The van der Waals surface area contributed by atoms with Crippen LogP contribution in [0.15, 0.2) is 18.2 Å². The van der Waals surface area contributed by atoms with Gasteiger partial charge in [0.1, 0.15) is 6.10 Å². The molecule has 1 aliphatic carbocycles. The molecule has 2 fully saturated rings. The zero-order valence-electron chi connectivity index (χ0n) is 13.5. The van der Waals surface area contributed by atoms with Crippen molar-refractivity contribution in [3.05, 3.63) is 23.8 Å².